The van der Waals surface area contributed by atoms with E-state index in [1.807, 2.05) is 12.1 Å². The second-order valence-electron chi connectivity index (χ2n) is 12.7. The summed E-state index contributed by atoms with van der Waals surface area (Å²) in [6.07, 6.45) is 0. The molecule has 3 aliphatic heterocycles. The number of hydrogen-bond acceptors (Lipinski definition) is 1. The second kappa shape index (κ2) is 7.84. The third-order valence-electron chi connectivity index (χ3n) is 10.2. The standard InChI is InChI=1S/C39H26BFN2/c1-39(2)28-11-4-6-16-33(28)43-35-22-24(23-17-19-25(41)20-18-23)21-34-36(35)40(31-14-8-12-29(39)38(31)43)30-13-7-10-27-26-9-3-5-15-32(26)42(34)37(27)30/h3-22H,1-2H3. The molecule has 4 heterocycles. The van der Waals surface area contributed by atoms with E-state index >= 15 is 0 Å². The van der Waals surface area contributed by atoms with E-state index < -0.39 is 0 Å². The summed E-state index contributed by atoms with van der Waals surface area (Å²) in [5.74, 6) is -0.221. The van der Waals surface area contributed by atoms with Crippen molar-refractivity contribution >= 4 is 62.0 Å². The molecule has 3 aliphatic rings. The van der Waals surface area contributed by atoms with Crippen LogP contribution in [0.4, 0.5) is 21.5 Å². The number of hydrogen-bond donors (Lipinski definition) is 0. The molecule has 0 fully saturated rings. The molecule has 0 radical (unpaired) electrons. The van der Waals surface area contributed by atoms with Gasteiger partial charge in [0.05, 0.1) is 11.2 Å². The van der Waals surface area contributed by atoms with E-state index in [4.69, 9.17) is 0 Å². The van der Waals surface area contributed by atoms with Gasteiger partial charge in [0.1, 0.15) is 5.82 Å². The Morgan fingerprint density at radius 2 is 1.30 bits per heavy atom. The van der Waals surface area contributed by atoms with Crippen molar-refractivity contribution in [3.8, 4) is 16.8 Å². The molecule has 43 heavy (non-hydrogen) atoms. The number of aromatic nitrogens is 1. The molecule has 0 N–H and O–H groups in total. The van der Waals surface area contributed by atoms with Gasteiger partial charge in [-0.25, -0.2) is 4.39 Å². The minimum absolute atomic E-state index is 0.0973. The topological polar surface area (TPSA) is 8.17 Å². The summed E-state index contributed by atoms with van der Waals surface area (Å²) in [6, 6.07) is 43.0. The van der Waals surface area contributed by atoms with E-state index in [1.54, 1.807) is 12.1 Å². The van der Waals surface area contributed by atoms with Crippen LogP contribution in [0.25, 0.3) is 38.6 Å². The van der Waals surface area contributed by atoms with E-state index in [0.29, 0.717) is 0 Å². The Bertz CT molecular complexity index is 2350. The number of anilines is 3. The highest BCUT2D eigenvalue weighted by atomic mass is 19.1. The molecular formula is C39H26BFN2. The van der Waals surface area contributed by atoms with Crippen molar-refractivity contribution in [1.29, 1.82) is 0 Å². The van der Waals surface area contributed by atoms with E-state index in [-0.39, 0.29) is 17.9 Å². The highest BCUT2D eigenvalue weighted by Gasteiger charge is 2.47. The van der Waals surface area contributed by atoms with Gasteiger partial charge in [-0.15, -0.1) is 0 Å². The quantitative estimate of drug-likeness (QED) is 0.188. The lowest BCUT2D eigenvalue weighted by atomic mass is 9.33. The van der Waals surface area contributed by atoms with Crippen molar-refractivity contribution in [3.63, 3.8) is 0 Å². The molecule has 0 spiro atoms. The molecular weight excluding hydrogens is 526 g/mol. The first-order chi connectivity index (χ1) is 21.0. The number of para-hydroxylation sites is 4. The summed E-state index contributed by atoms with van der Waals surface area (Å²) >= 11 is 0. The SMILES string of the molecule is CC1(C)c2ccccc2N2c3cc(-c4ccc(F)cc4)cc4c3B(c3cccc1c32)c1cccc2c3ccccc3n-4c12. The summed E-state index contributed by atoms with van der Waals surface area (Å²) in [5.41, 5.74) is 16.1. The van der Waals surface area contributed by atoms with E-state index in [9.17, 15) is 4.39 Å². The maximum Gasteiger partial charge on any atom is 0.252 e. The van der Waals surface area contributed by atoms with Crippen molar-refractivity contribution < 1.29 is 4.39 Å². The average molecular weight is 552 g/mol. The first kappa shape index (κ1) is 23.5. The van der Waals surface area contributed by atoms with E-state index in [0.717, 1.165) is 11.1 Å². The second-order valence-corrected chi connectivity index (χ2v) is 12.7. The lowest BCUT2D eigenvalue weighted by Gasteiger charge is -2.48. The van der Waals surface area contributed by atoms with Crippen molar-refractivity contribution in [2.45, 2.75) is 19.3 Å². The molecule has 0 bridgehead atoms. The van der Waals surface area contributed by atoms with Gasteiger partial charge in [0.25, 0.3) is 6.71 Å². The summed E-state index contributed by atoms with van der Waals surface area (Å²) in [4.78, 5) is 2.52. The zero-order valence-electron chi connectivity index (χ0n) is 23.9. The van der Waals surface area contributed by atoms with Crippen LogP contribution in [0.5, 0.6) is 0 Å². The lowest BCUT2D eigenvalue weighted by Crippen LogP contribution is -2.61. The highest BCUT2D eigenvalue weighted by Crippen LogP contribution is 2.53. The Kier molecular flexibility index (Phi) is 4.28. The predicted octanol–water partition coefficient (Wildman–Crippen LogP) is 7.84. The summed E-state index contributed by atoms with van der Waals surface area (Å²) < 4.78 is 16.6. The number of rotatable bonds is 1. The number of benzene rings is 6. The molecule has 10 rings (SSSR count). The van der Waals surface area contributed by atoms with Crippen LogP contribution < -0.4 is 21.3 Å². The van der Waals surface area contributed by atoms with Gasteiger partial charge in [-0.3, -0.25) is 0 Å². The minimum atomic E-state index is -0.221. The average Bonchev–Trinajstić information content (AvgIpc) is 3.38. The van der Waals surface area contributed by atoms with E-state index in [1.165, 1.54) is 72.1 Å². The first-order valence-electron chi connectivity index (χ1n) is 15.0. The molecule has 0 atom stereocenters. The largest absolute Gasteiger partial charge is 0.311 e. The molecule has 0 saturated carbocycles. The Labute approximate surface area is 249 Å². The zero-order chi connectivity index (χ0) is 28.6. The first-order valence-corrected chi connectivity index (χ1v) is 15.0. The number of fused-ring (bicyclic) bond motifs is 9. The molecule has 6 aromatic carbocycles. The number of halogens is 1. The Morgan fingerprint density at radius 1 is 0.605 bits per heavy atom. The maximum absolute atomic E-state index is 14.1. The molecule has 4 heteroatoms. The molecule has 1 aromatic heterocycles. The predicted molar refractivity (Wildman–Crippen MR) is 178 cm³/mol. The number of nitrogens with zero attached hydrogens (tertiary/aromatic N) is 2. The maximum atomic E-state index is 14.1. The summed E-state index contributed by atoms with van der Waals surface area (Å²) in [7, 11) is 0. The van der Waals surface area contributed by atoms with Crippen LogP contribution in [0.2, 0.25) is 0 Å². The van der Waals surface area contributed by atoms with Crippen molar-refractivity contribution in [2.75, 3.05) is 4.90 Å². The molecule has 2 nitrogen and oxygen atoms in total. The van der Waals surface area contributed by atoms with Crippen LogP contribution in [-0.4, -0.2) is 11.3 Å². The highest BCUT2D eigenvalue weighted by molar-refractivity contribution is 7.00. The molecule has 0 saturated heterocycles. The zero-order valence-corrected chi connectivity index (χ0v) is 23.9. The monoisotopic (exact) mass is 552 g/mol. The van der Waals surface area contributed by atoms with Gasteiger partial charge in [0, 0.05) is 38.8 Å². The Balaban J connectivity index is 1.43. The Morgan fingerprint density at radius 3 is 2.19 bits per heavy atom. The van der Waals surface area contributed by atoms with Gasteiger partial charge >= 0.3 is 0 Å². The van der Waals surface area contributed by atoms with Gasteiger partial charge in [-0.1, -0.05) is 98.8 Å². The van der Waals surface area contributed by atoms with Gasteiger partial charge in [-0.2, -0.15) is 0 Å². The molecule has 0 unspecified atom stereocenters. The normalized spacial score (nSPS) is 15.0. The molecule has 0 aliphatic carbocycles. The van der Waals surface area contributed by atoms with E-state index in [2.05, 4.69) is 120 Å². The van der Waals surface area contributed by atoms with Crippen LogP contribution in [-0.2, 0) is 5.41 Å². The fourth-order valence-corrected chi connectivity index (χ4v) is 8.37. The summed E-state index contributed by atoms with van der Waals surface area (Å²) in [6.45, 7) is 4.81. The fraction of sp³-hybridized carbons (Fsp3) is 0.0769. The third kappa shape index (κ3) is 2.79. The van der Waals surface area contributed by atoms with Crippen molar-refractivity contribution in [2.24, 2.45) is 0 Å². The van der Waals surface area contributed by atoms with Crippen molar-refractivity contribution in [1.82, 2.24) is 4.57 Å². The molecule has 0 amide bonds. The third-order valence-corrected chi connectivity index (χ3v) is 10.2. The Hall–Kier alpha value is -5.09. The van der Waals surface area contributed by atoms with Crippen LogP contribution in [0, 0.1) is 5.82 Å². The molecule has 7 aromatic rings. The summed E-state index contributed by atoms with van der Waals surface area (Å²) in [5, 5.41) is 2.55. The minimum Gasteiger partial charge on any atom is -0.311 e. The van der Waals surface area contributed by atoms with Gasteiger partial charge in [0.15, 0.2) is 0 Å². The van der Waals surface area contributed by atoms with Crippen LogP contribution >= 0.6 is 0 Å². The van der Waals surface area contributed by atoms with Crippen LogP contribution in [0.3, 0.4) is 0 Å². The van der Waals surface area contributed by atoms with Gasteiger partial charge in [-0.05, 0) is 75.0 Å². The van der Waals surface area contributed by atoms with Gasteiger partial charge < -0.3 is 9.47 Å². The molecule has 202 valence electrons. The van der Waals surface area contributed by atoms with Gasteiger partial charge in [0.2, 0.25) is 0 Å². The van der Waals surface area contributed by atoms with Crippen LogP contribution in [0.1, 0.15) is 25.0 Å². The smallest absolute Gasteiger partial charge is 0.252 e. The van der Waals surface area contributed by atoms with Crippen molar-refractivity contribution in [3.05, 3.63) is 138 Å². The lowest BCUT2D eigenvalue weighted by molar-refractivity contribution is 0.628. The van der Waals surface area contributed by atoms with Crippen LogP contribution in [0.15, 0.2) is 121 Å². The fourth-order valence-electron chi connectivity index (χ4n) is 8.37.